The summed E-state index contributed by atoms with van der Waals surface area (Å²) in [6.45, 7) is 4.06. The summed E-state index contributed by atoms with van der Waals surface area (Å²) in [7, 11) is 0. The van der Waals surface area contributed by atoms with Gasteiger partial charge in [0.2, 0.25) is 5.91 Å². The van der Waals surface area contributed by atoms with Gasteiger partial charge in [-0.3, -0.25) is 4.79 Å². The van der Waals surface area contributed by atoms with Crippen molar-refractivity contribution < 1.29 is 9.53 Å². The maximum atomic E-state index is 12.1. The third-order valence-electron chi connectivity index (χ3n) is 4.55. The zero-order valence-electron chi connectivity index (χ0n) is 16.5. The van der Waals surface area contributed by atoms with Crippen molar-refractivity contribution in [2.24, 2.45) is 0 Å². The van der Waals surface area contributed by atoms with Crippen LogP contribution in [0.15, 0.2) is 42.5 Å². The number of nitrogens with zero attached hydrogens (tertiary/aromatic N) is 2. The first-order chi connectivity index (χ1) is 14.1. The van der Waals surface area contributed by atoms with Gasteiger partial charge < -0.3 is 14.6 Å². The van der Waals surface area contributed by atoms with Crippen molar-refractivity contribution in [1.82, 2.24) is 14.9 Å². The zero-order valence-corrected chi connectivity index (χ0v) is 18.0. The monoisotopic (exact) mass is 433 g/mol. The maximum Gasteiger partial charge on any atom is 0.220 e. The topological polar surface area (TPSA) is 56.2 Å². The second-order valence-corrected chi connectivity index (χ2v) is 7.64. The molecule has 0 saturated carbocycles. The van der Waals surface area contributed by atoms with E-state index in [2.05, 4.69) is 22.9 Å². The second kappa shape index (κ2) is 10.5. The number of benzene rings is 2. The lowest BCUT2D eigenvalue weighted by molar-refractivity contribution is -0.121. The number of amides is 1. The molecule has 0 aliphatic rings. The molecule has 1 heterocycles. The van der Waals surface area contributed by atoms with Crippen molar-refractivity contribution in [1.29, 1.82) is 0 Å². The van der Waals surface area contributed by atoms with Crippen LogP contribution < -0.4 is 10.1 Å². The number of aryl methyl sites for hydroxylation is 1. The van der Waals surface area contributed by atoms with E-state index >= 15 is 0 Å². The van der Waals surface area contributed by atoms with Crippen LogP contribution in [0.2, 0.25) is 10.0 Å². The zero-order chi connectivity index (χ0) is 20.6. The van der Waals surface area contributed by atoms with Gasteiger partial charge in [-0.2, -0.15) is 0 Å². The van der Waals surface area contributed by atoms with E-state index in [0.29, 0.717) is 48.2 Å². The van der Waals surface area contributed by atoms with E-state index in [9.17, 15) is 4.79 Å². The molecular formula is C22H25Cl2N3O2. The molecule has 1 N–H and O–H groups in total. The Morgan fingerprint density at radius 1 is 1.21 bits per heavy atom. The van der Waals surface area contributed by atoms with E-state index in [-0.39, 0.29) is 5.91 Å². The fraction of sp³-hybridized carbons (Fsp3) is 0.364. The quantitative estimate of drug-likeness (QED) is 0.443. The molecule has 3 rings (SSSR count). The molecule has 1 amide bonds. The highest BCUT2D eigenvalue weighted by molar-refractivity contribution is 6.35. The number of carbonyl (C=O) groups excluding carboxylic acids is 1. The summed E-state index contributed by atoms with van der Waals surface area (Å²) >= 11 is 11.9. The standard InChI is InChI=1S/C22H25Cl2N3O2/c1-2-13-27-19-7-4-3-6-18(19)26-21(27)11-12-25-22(28)8-5-14-29-20-10-9-16(23)15-17(20)24/h3-4,6-7,9-10,15H,2,5,8,11-14H2,1H3,(H,25,28). The Labute approximate surface area is 181 Å². The number of hydrogen-bond acceptors (Lipinski definition) is 3. The fourth-order valence-corrected chi connectivity index (χ4v) is 3.66. The number of nitrogens with one attached hydrogen (secondary N) is 1. The first-order valence-electron chi connectivity index (χ1n) is 9.87. The molecule has 7 heteroatoms. The van der Waals surface area contributed by atoms with E-state index in [0.717, 1.165) is 29.8 Å². The van der Waals surface area contributed by atoms with Crippen LogP contribution in [0.1, 0.15) is 32.0 Å². The summed E-state index contributed by atoms with van der Waals surface area (Å²) in [4.78, 5) is 16.8. The SMILES string of the molecule is CCCn1c(CCNC(=O)CCCOc2ccc(Cl)cc2Cl)nc2ccccc21. The van der Waals surface area contributed by atoms with Crippen LogP contribution >= 0.6 is 23.2 Å². The van der Waals surface area contributed by atoms with E-state index in [4.69, 9.17) is 32.9 Å². The van der Waals surface area contributed by atoms with Crippen molar-refractivity contribution in [2.45, 2.75) is 39.2 Å². The molecule has 0 aliphatic carbocycles. The number of hydrogen-bond donors (Lipinski definition) is 1. The molecule has 0 saturated heterocycles. The predicted octanol–water partition coefficient (Wildman–Crippen LogP) is 5.27. The highest BCUT2D eigenvalue weighted by atomic mass is 35.5. The predicted molar refractivity (Wildman–Crippen MR) is 118 cm³/mol. The van der Waals surface area contributed by atoms with Gasteiger partial charge in [0.25, 0.3) is 0 Å². The largest absolute Gasteiger partial charge is 0.492 e. The Morgan fingerprint density at radius 2 is 2.03 bits per heavy atom. The van der Waals surface area contributed by atoms with Crippen LogP contribution in [0.3, 0.4) is 0 Å². The molecule has 0 atom stereocenters. The van der Waals surface area contributed by atoms with E-state index in [1.165, 1.54) is 0 Å². The highest BCUT2D eigenvalue weighted by Gasteiger charge is 2.10. The van der Waals surface area contributed by atoms with Gasteiger partial charge in [0, 0.05) is 31.0 Å². The van der Waals surface area contributed by atoms with Gasteiger partial charge >= 0.3 is 0 Å². The smallest absolute Gasteiger partial charge is 0.220 e. The lowest BCUT2D eigenvalue weighted by Crippen LogP contribution is -2.26. The molecule has 5 nitrogen and oxygen atoms in total. The number of imidazole rings is 1. The average Bonchev–Trinajstić information content (AvgIpc) is 3.04. The molecule has 29 heavy (non-hydrogen) atoms. The summed E-state index contributed by atoms with van der Waals surface area (Å²) in [5.41, 5.74) is 2.15. The molecule has 154 valence electrons. The summed E-state index contributed by atoms with van der Waals surface area (Å²) in [6, 6.07) is 13.2. The molecule has 0 spiro atoms. The van der Waals surface area contributed by atoms with Gasteiger partial charge in [0.05, 0.1) is 22.7 Å². The van der Waals surface area contributed by atoms with Gasteiger partial charge in [-0.25, -0.2) is 4.98 Å². The van der Waals surface area contributed by atoms with Gasteiger partial charge in [-0.05, 0) is 43.2 Å². The molecule has 1 aromatic heterocycles. The molecular weight excluding hydrogens is 409 g/mol. The number of para-hydroxylation sites is 2. The molecule has 0 aliphatic heterocycles. The number of rotatable bonds is 10. The third-order valence-corrected chi connectivity index (χ3v) is 5.08. The van der Waals surface area contributed by atoms with Crippen LogP contribution in [0.5, 0.6) is 5.75 Å². The lowest BCUT2D eigenvalue weighted by Gasteiger charge is -2.10. The molecule has 2 aromatic carbocycles. The Bertz CT molecular complexity index is 972. The molecule has 3 aromatic rings. The Morgan fingerprint density at radius 3 is 2.83 bits per heavy atom. The number of fused-ring (bicyclic) bond motifs is 1. The van der Waals surface area contributed by atoms with Gasteiger partial charge in [-0.1, -0.05) is 42.3 Å². The van der Waals surface area contributed by atoms with Crippen molar-refractivity contribution in [3.63, 3.8) is 0 Å². The Hall–Kier alpha value is -2.24. The first kappa shape index (κ1) is 21.5. The summed E-state index contributed by atoms with van der Waals surface area (Å²) in [6.07, 6.45) is 2.75. The van der Waals surface area contributed by atoms with Crippen LogP contribution in [0, 0.1) is 0 Å². The number of carbonyl (C=O) groups is 1. The number of aromatic nitrogens is 2. The fourth-order valence-electron chi connectivity index (χ4n) is 3.20. The first-order valence-corrected chi connectivity index (χ1v) is 10.6. The van der Waals surface area contributed by atoms with Crippen LogP contribution in [-0.4, -0.2) is 28.6 Å². The molecule has 0 unspecified atom stereocenters. The maximum absolute atomic E-state index is 12.1. The minimum Gasteiger partial charge on any atom is -0.492 e. The van der Waals surface area contributed by atoms with Crippen molar-refractivity contribution >= 4 is 40.1 Å². The van der Waals surface area contributed by atoms with Gasteiger partial charge in [-0.15, -0.1) is 0 Å². The van der Waals surface area contributed by atoms with E-state index < -0.39 is 0 Å². The van der Waals surface area contributed by atoms with Crippen molar-refractivity contribution in [3.05, 3.63) is 58.3 Å². The third kappa shape index (κ3) is 5.87. The van der Waals surface area contributed by atoms with Crippen LogP contribution in [0.25, 0.3) is 11.0 Å². The Balaban J connectivity index is 1.42. The number of halogens is 2. The van der Waals surface area contributed by atoms with Crippen molar-refractivity contribution in [3.8, 4) is 5.75 Å². The van der Waals surface area contributed by atoms with E-state index in [1.54, 1.807) is 18.2 Å². The van der Waals surface area contributed by atoms with Crippen LogP contribution in [-0.2, 0) is 17.8 Å². The number of ether oxygens (including phenoxy) is 1. The lowest BCUT2D eigenvalue weighted by atomic mass is 10.3. The summed E-state index contributed by atoms with van der Waals surface area (Å²) < 4.78 is 7.85. The van der Waals surface area contributed by atoms with Gasteiger partial charge in [0.15, 0.2) is 0 Å². The molecule has 0 radical (unpaired) electrons. The highest BCUT2D eigenvalue weighted by Crippen LogP contribution is 2.27. The summed E-state index contributed by atoms with van der Waals surface area (Å²) in [5.74, 6) is 1.59. The summed E-state index contributed by atoms with van der Waals surface area (Å²) in [5, 5.41) is 4.00. The minimum atomic E-state index is 0.00829. The molecule has 0 bridgehead atoms. The average molecular weight is 434 g/mol. The van der Waals surface area contributed by atoms with Gasteiger partial charge in [0.1, 0.15) is 11.6 Å². The van der Waals surface area contributed by atoms with Crippen LogP contribution in [0.4, 0.5) is 0 Å². The normalized spacial score (nSPS) is 11.0. The van der Waals surface area contributed by atoms with Crippen molar-refractivity contribution in [2.75, 3.05) is 13.2 Å². The molecule has 0 fully saturated rings. The van der Waals surface area contributed by atoms with E-state index in [1.807, 2.05) is 18.2 Å². The second-order valence-electron chi connectivity index (χ2n) is 6.80. The Kier molecular flexibility index (Phi) is 7.78. The minimum absolute atomic E-state index is 0.00829.